The van der Waals surface area contributed by atoms with Crippen LogP contribution in [0.4, 0.5) is 0 Å². The summed E-state index contributed by atoms with van der Waals surface area (Å²) in [4.78, 5) is 0. The van der Waals surface area contributed by atoms with Crippen molar-refractivity contribution in [2.45, 2.75) is 52.0 Å². The Morgan fingerprint density at radius 2 is 1.89 bits per heavy atom. The van der Waals surface area contributed by atoms with Gasteiger partial charge in [0.1, 0.15) is 5.75 Å². The lowest BCUT2D eigenvalue weighted by Gasteiger charge is -2.32. The number of nitrogens with one attached hydrogen (secondary N) is 1. The predicted molar refractivity (Wildman–Crippen MR) is 80.6 cm³/mol. The van der Waals surface area contributed by atoms with Crippen molar-refractivity contribution in [2.24, 2.45) is 5.92 Å². The van der Waals surface area contributed by atoms with Gasteiger partial charge in [-0.25, -0.2) is 0 Å². The molecule has 0 aromatic heterocycles. The van der Waals surface area contributed by atoms with Gasteiger partial charge in [0, 0.05) is 11.6 Å². The molecule has 2 nitrogen and oxygen atoms in total. The standard InChI is InChI=1S/C17H27NO/c1-3-18-17(14-10-6-5-7-11-14)15-12-8-9-13-16(15)19-4-2/h8-9,12-14,17-18H,3-7,10-11H2,1-2H3. The molecule has 1 saturated carbocycles. The fraction of sp³-hybridized carbons (Fsp3) is 0.647. The van der Waals surface area contributed by atoms with Crippen LogP contribution >= 0.6 is 0 Å². The molecule has 1 unspecified atom stereocenters. The Morgan fingerprint density at radius 3 is 2.58 bits per heavy atom. The van der Waals surface area contributed by atoms with E-state index >= 15 is 0 Å². The lowest BCUT2D eigenvalue weighted by Crippen LogP contribution is -2.30. The lowest BCUT2D eigenvalue weighted by atomic mass is 9.81. The molecule has 0 bridgehead atoms. The van der Waals surface area contributed by atoms with Gasteiger partial charge >= 0.3 is 0 Å². The summed E-state index contributed by atoms with van der Waals surface area (Å²) in [5, 5.41) is 3.69. The summed E-state index contributed by atoms with van der Waals surface area (Å²) in [5.41, 5.74) is 1.35. The maximum Gasteiger partial charge on any atom is 0.124 e. The first-order valence-electron chi connectivity index (χ1n) is 7.82. The van der Waals surface area contributed by atoms with Gasteiger partial charge in [-0.1, -0.05) is 44.4 Å². The van der Waals surface area contributed by atoms with Crippen LogP contribution in [-0.4, -0.2) is 13.2 Å². The molecule has 2 rings (SSSR count). The van der Waals surface area contributed by atoms with Crippen molar-refractivity contribution in [3.8, 4) is 5.75 Å². The first-order valence-corrected chi connectivity index (χ1v) is 7.82. The van der Waals surface area contributed by atoms with Crippen LogP contribution in [-0.2, 0) is 0 Å². The van der Waals surface area contributed by atoms with E-state index in [0.29, 0.717) is 6.04 Å². The number of hydrogen-bond acceptors (Lipinski definition) is 2. The second kappa shape index (κ2) is 7.54. The Balaban J connectivity index is 2.21. The summed E-state index contributed by atoms with van der Waals surface area (Å²) < 4.78 is 5.82. The minimum absolute atomic E-state index is 0.452. The van der Waals surface area contributed by atoms with Crippen LogP contribution in [0.15, 0.2) is 24.3 Å². The Kier molecular flexibility index (Phi) is 5.71. The number of para-hydroxylation sites is 1. The maximum absolute atomic E-state index is 5.82. The zero-order valence-corrected chi connectivity index (χ0v) is 12.3. The van der Waals surface area contributed by atoms with Crippen LogP contribution in [0.2, 0.25) is 0 Å². The second-order valence-electron chi connectivity index (χ2n) is 5.40. The number of rotatable bonds is 6. The van der Waals surface area contributed by atoms with Crippen molar-refractivity contribution in [3.63, 3.8) is 0 Å². The molecule has 2 heteroatoms. The van der Waals surface area contributed by atoms with Crippen LogP contribution in [0, 0.1) is 5.92 Å². The molecule has 1 aliphatic rings. The first kappa shape index (κ1) is 14.4. The van der Waals surface area contributed by atoms with E-state index in [9.17, 15) is 0 Å². The fourth-order valence-corrected chi connectivity index (χ4v) is 3.24. The van der Waals surface area contributed by atoms with E-state index in [1.54, 1.807) is 0 Å². The molecule has 1 fully saturated rings. The van der Waals surface area contributed by atoms with Crippen LogP contribution in [0.25, 0.3) is 0 Å². The molecular weight excluding hydrogens is 234 g/mol. The van der Waals surface area contributed by atoms with Gasteiger partial charge in [-0.3, -0.25) is 0 Å². The van der Waals surface area contributed by atoms with Crippen LogP contribution < -0.4 is 10.1 Å². The third-order valence-electron chi connectivity index (χ3n) is 4.10. The van der Waals surface area contributed by atoms with Crippen molar-refractivity contribution in [3.05, 3.63) is 29.8 Å². The highest BCUT2D eigenvalue weighted by atomic mass is 16.5. The molecular formula is C17H27NO. The summed E-state index contributed by atoms with van der Waals surface area (Å²) in [6, 6.07) is 8.98. The van der Waals surface area contributed by atoms with Gasteiger partial charge in [-0.05, 0) is 38.3 Å². The smallest absolute Gasteiger partial charge is 0.124 e. The lowest BCUT2D eigenvalue weighted by molar-refractivity contribution is 0.263. The minimum Gasteiger partial charge on any atom is -0.494 e. The molecule has 0 radical (unpaired) electrons. The highest BCUT2D eigenvalue weighted by molar-refractivity contribution is 5.36. The number of benzene rings is 1. The third kappa shape index (κ3) is 3.73. The largest absolute Gasteiger partial charge is 0.494 e. The van der Waals surface area contributed by atoms with Crippen molar-refractivity contribution in [1.82, 2.24) is 5.32 Å². The summed E-state index contributed by atoms with van der Waals surface area (Å²) in [5.74, 6) is 1.82. The molecule has 0 saturated heterocycles. The molecule has 0 amide bonds. The molecule has 19 heavy (non-hydrogen) atoms. The van der Waals surface area contributed by atoms with Gasteiger partial charge < -0.3 is 10.1 Å². The highest BCUT2D eigenvalue weighted by Crippen LogP contribution is 2.37. The van der Waals surface area contributed by atoms with Gasteiger partial charge in [-0.2, -0.15) is 0 Å². The Labute approximate surface area is 117 Å². The highest BCUT2D eigenvalue weighted by Gasteiger charge is 2.26. The second-order valence-corrected chi connectivity index (χ2v) is 5.40. The van der Waals surface area contributed by atoms with Crippen molar-refractivity contribution < 1.29 is 4.74 Å². The average Bonchev–Trinajstić information content (AvgIpc) is 2.47. The molecule has 1 aromatic rings. The molecule has 0 spiro atoms. The SMILES string of the molecule is CCNC(c1ccccc1OCC)C1CCCCC1. The van der Waals surface area contributed by atoms with Gasteiger partial charge in [0.25, 0.3) is 0 Å². The number of ether oxygens (including phenoxy) is 1. The quantitative estimate of drug-likeness (QED) is 0.823. The van der Waals surface area contributed by atoms with Crippen LogP contribution in [0.5, 0.6) is 5.75 Å². The van der Waals surface area contributed by atoms with E-state index in [1.807, 2.05) is 0 Å². The molecule has 1 atom stereocenters. The third-order valence-corrected chi connectivity index (χ3v) is 4.10. The van der Waals surface area contributed by atoms with Gasteiger partial charge in [0.05, 0.1) is 6.61 Å². The van der Waals surface area contributed by atoms with E-state index in [4.69, 9.17) is 4.74 Å². The van der Waals surface area contributed by atoms with Crippen LogP contribution in [0.3, 0.4) is 0 Å². The molecule has 1 aromatic carbocycles. The maximum atomic E-state index is 5.82. The molecule has 1 N–H and O–H groups in total. The minimum atomic E-state index is 0.452. The van der Waals surface area contributed by atoms with E-state index < -0.39 is 0 Å². The topological polar surface area (TPSA) is 21.3 Å². The van der Waals surface area contributed by atoms with Crippen molar-refractivity contribution in [1.29, 1.82) is 0 Å². The van der Waals surface area contributed by atoms with E-state index in [1.165, 1.54) is 37.7 Å². The monoisotopic (exact) mass is 261 g/mol. The van der Waals surface area contributed by atoms with Crippen molar-refractivity contribution in [2.75, 3.05) is 13.2 Å². The zero-order chi connectivity index (χ0) is 13.5. The molecule has 106 valence electrons. The molecule has 1 aliphatic carbocycles. The zero-order valence-electron chi connectivity index (χ0n) is 12.3. The summed E-state index contributed by atoms with van der Waals surface area (Å²) in [6.07, 6.45) is 6.85. The average molecular weight is 261 g/mol. The van der Waals surface area contributed by atoms with Crippen molar-refractivity contribution >= 4 is 0 Å². The van der Waals surface area contributed by atoms with E-state index in [2.05, 4.69) is 43.4 Å². The Morgan fingerprint density at radius 1 is 1.16 bits per heavy atom. The Bertz CT molecular complexity index is 371. The fourth-order valence-electron chi connectivity index (χ4n) is 3.24. The Hall–Kier alpha value is -1.02. The normalized spacial score (nSPS) is 18.2. The summed E-state index contributed by atoms with van der Waals surface area (Å²) >= 11 is 0. The first-order chi connectivity index (χ1) is 9.36. The summed E-state index contributed by atoms with van der Waals surface area (Å²) in [7, 11) is 0. The molecule has 0 heterocycles. The van der Waals surface area contributed by atoms with Gasteiger partial charge in [0.15, 0.2) is 0 Å². The number of hydrogen-bond donors (Lipinski definition) is 1. The van der Waals surface area contributed by atoms with Gasteiger partial charge in [0.2, 0.25) is 0 Å². The van der Waals surface area contributed by atoms with Crippen LogP contribution in [0.1, 0.15) is 57.6 Å². The summed E-state index contributed by atoms with van der Waals surface area (Å²) in [6.45, 7) is 6.00. The predicted octanol–water partition coefficient (Wildman–Crippen LogP) is 4.32. The van der Waals surface area contributed by atoms with E-state index in [-0.39, 0.29) is 0 Å². The van der Waals surface area contributed by atoms with Gasteiger partial charge in [-0.15, -0.1) is 0 Å². The van der Waals surface area contributed by atoms with E-state index in [0.717, 1.165) is 24.8 Å². The molecule has 0 aliphatic heterocycles.